The zero-order valence-corrected chi connectivity index (χ0v) is 12.8. The fourth-order valence-electron chi connectivity index (χ4n) is 1.41. The van der Waals surface area contributed by atoms with E-state index in [0.29, 0.717) is 0 Å². The fraction of sp³-hybridized carbons (Fsp3) is 0.429. The van der Waals surface area contributed by atoms with E-state index >= 15 is 0 Å². The molecule has 0 bridgehead atoms. The zero-order chi connectivity index (χ0) is 11.4. The summed E-state index contributed by atoms with van der Waals surface area (Å²) in [5.41, 5.74) is 4.39. The molecule has 0 amide bonds. The van der Waals surface area contributed by atoms with E-state index < -0.39 is 0 Å². The minimum absolute atomic E-state index is 0. The molecule has 0 aromatic carbocycles. The van der Waals surface area contributed by atoms with E-state index in [2.05, 4.69) is 53.9 Å². The number of allylic oxidation sites excluding steroid dienone is 6. The first-order valence-corrected chi connectivity index (χ1v) is 4.90. The number of hydrogen-bond donors (Lipinski definition) is 0. The van der Waals surface area contributed by atoms with Gasteiger partial charge in [-0.25, -0.2) is 5.57 Å². The van der Waals surface area contributed by atoms with E-state index in [0.717, 1.165) is 0 Å². The van der Waals surface area contributed by atoms with Crippen LogP contribution in [0.5, 0.6) is 0 Å². The molecule has 87 valence electrons. The monoisotopic (exact) mass is 382 g/mol. The molecule has 0 aromatic heterocycles. The molecule has 0 heterocycles. The van der Waals surface area contributed by atoms with Gasteiger partial charge in [-0.1, -0.05) is 58.4 Å². The molecule has 0 fully saturated rings. The van der Waals surface area contributed by atoms with Gasteiger partial charge in [0.1, 0.15) is 0 Å². The van der Waals surface area contributed by atoms with Crippen LogP contribution in [0.25, 0.3) is 0 Å². The summed E-state index contributed by atoms with van der Waals surface area (Å²) in [5.74, 6) is 0. The van der Waals surface area contributed by atoms with Gasteiger partial charge in [0.2, 0.25) is 0 Å². The maximum Gasteiger partial charge on any atom is 0 e. The van der Waals surface area contributed by atoms with E-state index in [4.69, 9.17) is 0 Å². The Bertz CT molecular complexity index is 284. The molecular weight excluding hydrogens is 360 g/mol. The Kier molecular flexibility index (Phi) is 7.92. The molecule has 0 saturated heterocycles. The van der Waals surface area contributed by atoms with Gasteiger partial charge in [-0.2, -0.15) is 11.1 Å². The summed E-state index contributed by atoms with van der Waals surface area (Å²) in [6.07, 6.45) is 6.71. The molecule has 0 spiro atoms. The van der Waals surface area contributed by atoms with Gasteiger partial charge in [0.05, 0.1) is 0 Å². The standard InChI is InChI=1S/C10H15.C4H6.Ir/c1-7-6-10(4,5)9(3)8(7)2;1-3-4-2;/h1-5H3;3-4H,1-2H2;/q-1;;. The van der Waals surface area contributed by atoms with E-state index in [1.807, 2.05) is 0 Å². The molecule has 0 aromatic rings. The molecule has 0 unspecified atom stereocenters. The first-order chi connectivity index (χ1) is 6.36. The maximum absolute atomic E-state index is 3.44. The second kappa shape index (κ2) is 6.98. The molecule has 1 aliphatic carbocycles. The quantitative estimate of drug-likeness (QED) is 0.464. The molecule has 1 heteroatoms. The van der Waals surface area contributed by atoms with Crippen molar-refractivity contribution in [1.82, 2.24) is 0 Å². The summed E-state index contributed by atoms with van der Waals surface area (Å²) in [6.45, 7) is 17.6. The van der Waals surface area contributed by atoms with Crippen molar-refractivity contribution in [2.24, 2.45) is 5.41 Å². The Morgan fingerprint density at radius 1 is 1.07 bits per heavy atom. The molecule has 0 N–H and O–H groups in total. The first-order valence-electron chi connectivity index (χ1n) is 4.90. The predicted octanol–water partition coefficient (Wildman–Crippen LogP) is 4.47. The van der Waals surface area contributed by atoms with Crippen LogP contribution >= 0.6 is 0 Å². The number of hydrogen-bond acceptors (Lipinski definition) is 0. The Balaban J connectivity index is 0. The van der Waals surface area contributed by atoms with Crippen molar-refractivity contribution in [3.63, 3.8) is 0 Å². The number of rotatable bonds is 1. The van der Waals surface area contributed by atoms with Gasteiger partial charge in [-0.05, 0) is 0 Å². The second-order valence-electron chi connectivity index (χ2n) is 4.10. The fourth-order valence-corrected chi connectivity index (χ4v) is 1.41. The summed E-state index contributed by atoms with van der Waals surface area (Å²) >= 11 is 0. The average Bonchev–Trinajstić information content (AvgIpc) is 2.30. The van der Waals surface area contributed by atoms with Crippen molar-refractivity contribution in [2.75, 3.05) is 0 Å². The van der Waals surface area contributed by atoms with Gasteiger partial charge in [-0.3, -0.25) is 6.08 Å². The largest absolute Gasteiger partial charge is 0.263 e. The van der Waals surface area contributed by atoms with Crippen molar-refractivity contribution >= 4 is 0 Å². The van der Waals surface area contributed by atoms with Crippen molar-refractivity contribution in [3.8, 4) is 0 Å². The topological polar surface area (TPSA) is 0 Å². The van der Waals surface area contributed by atoms with Crippen LogP contribution in [0.15, 0.2) is 42.0 Å². The summed E-state index contributed by atoms with van der Waals surface area (Å²) in [4.78, 5) is 0. The Morgan fingerprint density at radius 3 is 1.53 bits per heavy atom. The van der Waals surface area contributed by atoms with Crippen LogP contribution in [0, 0.1) is 11.5 Å². The first kappa shape index (κ1) is 17.0. The van der Waals surface area contributed by atoms with Crippen LogP contribution in [-0.4, -0.2) is 0 Å². The summed E-state index contributed by atoms with van der Waals surface area (Å²) < 4.78 is 0. The van der Waals surface area contributed by atoms with Gasteiger partial charge in [-0.15, -0.1) is 6.92 Å². The minimum Gasteiger partial charge on any atom is -0.263 e. The van der Waals surface area contributed by atoms with E-state index in [1.54, 1.807) is 12.2 Å². The van der Waals surface area contributed by atoms with Crippen LogP contribution in [0.1, 0.15) is 34.6 Å². The van der Waals surface area contributed by atoms with Gasteiger partial charge in [0, 0.05) is 20.1 Å². The Labute approximate surface area is 108 Å². The van der Waals surface area contributed by atoms with Crippen LogP contribution in [-0.2, 0) is 20.1 Å². The van der Waals surface area contributed by atoms with E-state index in [-0.39, 0.29) is 25.5 Å². The van der Waals surface area contributed by atoms with Crippen LogP contribution < -0.4 is 0 Å². The van der Waals surface area contributed by atoms with Crippen molar-refractivity contribution < 1.29 is 20.1 Å². The molecule has 0 atom stereocenters. The molecule has 1 rings (SSSR count). The van der Waals surface area contributed by atoms with Gasteiger partial charge in [0.15, 0.2) is 0 Å². The van der Waals surface area contributed by atoms with Crippen LogP contribution in [0.4, 0.5) is 0 Å². The third-order valence-electron chi connectivity index (χ3n) is 2.73. The molecule has 0 aliphatic heterocycles. The normalized spacial score (nSPS) is 17.0. The Hall–Kier alpha value is -0.391. The molecular formula is C14H21Ir-. The van der Waals surface area contributed by atoms with E-state index in [1.165, 1.54) is 16.7 Å². The molecule has 0 nitrogen and oxygen atoms in total. The molecule has 15 heavy (non-hydrogen) atoms. The maximum atomic E-state index is 3.44. The van der Waals surface area contributed by atoms with Crippen molar-refractivity contribution in [3.05, 3.63) is 48.1 Å². The van der Waals surface area contributed by atoms with E-state index in [9.17, 15) is 0 Å². The summed E-state index contributed by atoms with van der Waals surface area (Å²) in [5, 5.41) is 0. The van der Waals surface area contributed by atoms with Crippen LogP contribution in [0.2, 0.25) is 0 Å². The van der Waals surface area contributed by atoms with Crippen LogP contribution in [0.3, 0.4) is 0 Å². The molecule has 0 saturated carbocycles. The summed E-state index contributed by atoms with van der Waals surface area (Å²) in [7, 11) is 0. The SMILES string of the molecule is C=CC=C.CC1=[C-]C(C)(C)C(C)=C1C.[Ir]. The van der Waals surface area contributed by atoms with Gasteiger partial charge in [0.25, 0.3) is 0 Å². The third kappa shape index (κ3) is 4.77. The van der Waals surface area contributed by atoms with Crippen molar-refractivity contribution in [1.29, 1.82) is 0 Å². The smallest absolute Gasteiger partial charge is 0 e. The zero-order valence-electron chi connectivity index (χ0n) is 10.4. The second-order valence-corrected chi connectivity index (χ2v) is 4.10. The third-order valence-corrected chi connectivity index (χ3v) is 2.73. The average molecular weight is 382 g/mol. The minimum atomic E-state index is 0. The van der Waals surface area contributed by atoms with Crippen molar-refractivity contribution in [2.45, 2.75) is 34.6 Å². The van der Waals surface area contributed by atoms with Gasteiger partial charge < -0.3 is 0 Å². The van der Waals surface area contributed by atoms with Gasteiger partial charge >= 0.3 is 0 Å². The molecule has 1 radical (unpaired) electrons. The Morgan fingerprint density at radius 2 is 1.47 bits per heavy atom. The summed E-state index contributed by atoms with van der Waals surface area (Å²) in [6, 6.07) is 0. The molecule has 1 aliphatic rings. The predicted molar refractivity (Wildman–Crippen MR) is 65.0 cm³/mol.